The molecule has 1 aliphatic rings. The number of benzene rings is 1. The first-order valence-electron chi connectivity index (χ1n) is 7.01. The maximum absolute atomic E-state index is 13.5. The van der Waals surface area contributed by atoms with E-state index in [-0.39, 0.29) is 36.3 Å². The standard InChI is InChI=1S/C15H20F2N2O.ClH/c1-10(12-5-3-7-18-9-12)19-14(20)8-11-4-2-6-13(16)15(11)17;/h2,4,6,10,12,18H,3,5,7-9H2,1H3,(H,19,20);1H. The van der Waals surface area contributed by atoms with Crippen LogP contribution in [0.1, 0.15) is 25.3 Å². The lowest BCUT2D eigenvalue weighted by Crippen LogP contribution is -2.45. The van der Waals surface area contributed by atoms with Crippen LogP contribution < -0.4 is 10.6 Å². The summed E-state index contributed by atoms with van der Waals surface area (Å²) in [7, 11) is 0. The molecule has 0 bridgehead atoms. The van der Waals surface area contributed by atoms with Crippen LogP contribution in [0.4, 0.5) is 8.78 Å². The quantitative estimate of drug-likeness (QED) is 0.895. The lowest BCUT2D eigenvalue weighted by atomic mass is 9.92. The summed E-state index contributed by atoms with van der Waals surface area (Å²) < 4.78 is 26.6. The lowest BCUT2D eigenvalue weighted by Gasteiger charge is -2.29. The summed E-state index contributed by atoms with van der Waals surface area (Å²) in [4.78, 5) is 11.9. The molecule has 1 amide bonds. The molecule has 6 heteroatoms. The van der Waals surface area contributed by atoms with Gasteiger partial charge in [0.15, 0.2) is 11.6 Å². The Morgan fingerprint density at radius 3 is 2.90 bits per heavy atom. The number of carbonyl (C=O) groups excluding carboxylic acids is 1. The van der Waals surface area contributed by atoms with Gasteiger partial charge in [-0.2, -0.15) is 0 Å². The van der Waals surface area contributed by atoms with Gasteiger partial charge in [-0.1, -0.05) is 12.1 Å². The third-order valence-corrected chi connectivity index (χ3v) is 3.81. The molecule has 0 aromatic heterocycles. The van der Waals surface area contributed by atoms with Crippen LogP contribution in [-0.2, 0) is 11.2 Å². The van der Waals surface area contributed by atoms with Crippen molar-refractivity contribution in [3.8, 4) is 0 Å². The molecule has 3 nitrogen and oxygen atoms in total. The minimum Gasteiger partial charge on any atom is -0.353 e. The SMILES string of the molecule is CC(NC(=O)Cc1cccc(F)c1F)C1CCCNC1.Cl. The molecule has 21 heavy (non-hydrogen) atoms. The highest BCUT2D eigenvalue weighted by Gasteiger charge is 2.21. The van der Waals surface area contributed by atoms with Crippen molar-refractivity contribution < 1.29 is 13.6 Å². The molecular weight excluding hydrogens is 298 g/mol. The van der Waals surface area contributed by atoms with Gasteiger partial charge in [-0.25, -0.2) is 8.78 Å². The van der Waals surface area contributed by atoms with E-state index < -0.39 is 11.6 Å². The fourth-order valence-electron chi connectivity index (χ4n) is 2.59. The summed E-state index contributed by atoms with van der Waals surface area (Å²) in [6, 6.07) is 3.93. The zero-order valence-electron chi connectivity index (χ0n) is 12.0. The van der Waals surface area contributed by atoms with Crippen LogP contribution in [0.5, 0.6) is 0 Å². The van der Waals surface area contributed by atoms with Crippen molar-refractivity contribution in [3.05, 3.63) is 35.4 Å². The summed E-state index contributed by atoms with van der Waals surface area (Å²) in [5.74, 6) is -1.73. The van der Waals surface area contributed by atoms with Gasteiger partial charge < -0.3 is 10.6 Å². The average Bonchev–Trinajstić information content (AvgIpc) is 2.45. The van der Waals surface area contributed by atoms with E-state index in [1.165, 1.54) is 12.1 Å². The summed E-state index contributed by atoms with van der Waals surface area (Å²) in [6.07, 6.45) is 2.04. The number of piperidine rings is 1. The number of hydrogen-bond acceptors (Lipinski definition) is 2. The van der Waals surface area contributed by atoms with E-state index in [0.717, 1.165) is 32.0 Å². The summed E-state index contributed by atoms with van der Waals surface area (Å²) in [6.45, 7) is 3.86. The monoisotopic (exact) mass is 318 g/mol. The normalized spacial score (nSPS) is 19.5. The zero-order valence-corrected chi connectivity index (χ0v) is 12.8. The van der Waals surface area contributed by atoms with E-state index in [0.29, 0.717) is 5.92 Å². The number of hydrogen-bond donors (Lipinski definition) is 2. The lowest BCUT2D eigenvalue weighted by molar-refractivity contribution is -0.121. The largest absolute Gasteiger partial charge is 0.353 e. The molecule has 1 aromatic carbocycles. The number of nitrogens with one attached hydrogen (secondary N) is 2. The van der Waals surface area contributed by atoms with Crippen molar-refractivity contribution in [2.24, 2.45) is 5.92 Å². The Morgan fingerprint density at radius 2 is 2.24 bits per heavy atom. The van der Waals surface area contributed by atoms with Crippen LogP contribution in [0, 0.1) is 17.6 Å². The molecule has 118 valence electrons. The van der Waals surface area contributed by atoms with Gasteiger partial charge >= 0.3 is 0 Å². The molecule has 1 heterocycles. The molecule has 1 aromatic rings. The molecule has 2 rings (SSSR count). The topological polar surface area (TPSA) is 41.1 Å². The zero-order chi connectivity index (χ0) is 14.5. The molecule has 0 aliphatic carbocycles. The molecule has 1 aliphatic heterocycles. The highest BCUT2D eigenvalue weighted by atomic mass is 35.5. The van der Waals surface area contributed by atoms with Crippen LogP contribution in [0.15, 0.2) is 18.2 Å². The Bertz CT molecular complexity index is 479. The molecule has 1 fully saturated rings. The molecule has 1 saturated heterocycles. The molecular formula is C15H21ClF2N2O. The van der Waals surface area contributed by atoms with Gasteiger partial charge in [-0.3, -0.25) is 4.79 Å². The third kappa shape index (κ3) is 4.93. The fourth-order valence-corrected chi connectivity index (χ4v) is 2.59. The van der Waals surface area contributed by atoms with E-state index in [4.69, 9.17) is 0 Å². The van der Waals surface area contributed by atoms with E-state index >= 15 is 0 Å². The van der Waals surface area contributed by atoms with Crippen molar-refractivity contribution >= 4 is 18.3 Å². The Labute approximate surface area is 129 Å². The van der Waals surface area contributed by atoms with Crippen LogP contribution in [0.2, 0.25) is 0 Å². The highest BCUT2D eigenvalue weighted by molar-refractivity contribution is 5.85. The van der Waals surface area contributed by atoms with Crippen molar-refractivity contribution in [3.63, 3.8) is 0 Å². The Morgan fingerprint density at radius 1 is 1.48 bits per heavy atom. The first-order valence-corrected chi connectivity index (χ1v) is 7.01. The maximum Gasteiger partial charge on any atom is 0.224 e. The van der Waals surface area contributed by atoms with Gasteiger partial charge in [0.1, 0.15) is 0 Å². The molecule has 2 N–H and O–H groups in total. The maximum atomic E-state index is 13.5. The van der Waals surface area contributed by atoms with Crippen LogP contribution in [0.3, 0.4) is 0 Å². The molecule has 0 spiro atoms. The molecule has 0 radical (unpaired) electrons. The first-order chi connectivity index (χ1) is 9.58. The predicted molar refractivity (Wildman–Crippen MR) is 80.5 cm³/mol. The number of halogens is 3. The van der Waals surface area contributed by atoms with Crippen molar-refractivity contribution in [1.29, 1.82) is 0 Å². The van der Waals surface area contributed by atoms with Crippen LogP contribution in [0.25, 0.3) is 0 Å². The van der Waals surface area contributed by atoms with Gasteiger partial charge in [0.05, 0.1) is 6.42 Å². The number of rotatable bonds is 4. The van der Waals surface area contributed by atoms with Crippen LogP contribution >= 0.6 is 12.4 Å². The second-order valence-electron chi connectivity index (χ2n) is 5.35. The molecule has 2 unspecified atom stereocenters. The van der Waals surface area contributed by atoms with Crippen molar-refractivity contribution in [1.82, 2.24) is 10.6 Å². The van der Waals surface area contributed by atoms with Crippen molar-refractivity contribution in [2.45, 2.75) is 32.2 Å². The van der Waals surface area contributed by atoms with Crippen LogP contribution in [-0.4, -0.2) is 25.0 Å². The van der Waals surface area contributed by atoms with E-state index in [1.807, 2.05) is 6.92 Å². The van der Waals surface area contributed by atoms with Crippen molar-refractivity contribution in [2.75, 3.05) is 13.1 Å². The number of carbonyl (C=O) groups is 1. The summed E-state index contributed by atoms with van der Waals surface area (Å²) in [5, 5.41) is 6.17. The Kier molecular flexibility index (Phi) is 7.05. The van der Waals surface area contributed by atoms with Gasteiger partial charge in [0.25, 0.3) is 0 Å². The minimum absolute atomic E-state index is 0. The fraction of sp³-hybridized carbons (Fsp3) is 0.533. The van der Waals surface area contributed by atoms with Gasteiger partial charge in [0, 0.05) is 11.6 Å². The third-order valence-electron chi connectivity index (χ3n) is 3.81. The van der Waals surface area contributed by atoms with Gasteiger partial charge in [-0.05, 0) is 44.8 Å². The minimum atomic E-state index is -0.936. The Hall–Kier alpha value is -1.20. The summed E-state index contributed by atoms with van der Waals surface area (Å²) in [5.41, 5.74) is 0.0940. The van der Waals surface area contributed by atoms with Gasteiger partial charge in [-0.15, -0.1) is 12.4 Å². The highest BCUT2D eigenvalue weighted by Crippen LogP contribution is 2.15. The first kappa shape index (κ1) is 17.9. The van der Waals surface area contributed by atoms with E-state index in [1.54, 1.807) is 0 Å². The second kappa shape index (κ2) is 8.29. The van der Waals surface area contributed by atoms with Gasteiger partial charge in [0.2, 0.25) is 5.91 Å². The molecule has 0 saturated carbocycles. The second-order valence-corrected chi connectivity index (χ2v) is 5.35. The predicted octanol–water partition coefficient (Wildman–Crippen LogP) is 2.43. The number of amides is 1. The smallest absolute Gasteiger partial charge is 0.224 e. The average molecular weight is 319 g/mol. The van der Waals surface area contributed by atoms with E-state index in [2.05, 4.69) is 10.6 Å². The molecule has 2 atom stereocenters. The van der Waals surface area contributed by atoms with E-state index in [9.17, 15) is 13.6 Å². The summed E-state index contributed by atoms with van der Waals surface area (Å²) >= 11 is 0. The Balaban J connectivity index is 0.00000220.